The molecule has 0 radical (unpaired) electrons. The van der Waals surface area contributed by atoms with Gasteiger partial charge in [-0.15, -0.1) is 0 Å². The molecule has 2 heterocycles. The molecule has 0 bridgehead atoms. The van der Waals surface area contributed by atoms with Crippen LogP contribution in [0.5, 0.6) is 11.5 Å². The monoisotopic (exact) mass is 427 g/mol. The first-order chi connectivity index (χ1) is 11.9. The van der Waals surface area contributed by atoms with E-state index < -0.39 is 13.9 Å². The number of para-hydroxylation sites is 1. The van der Waals surface area contributed by atoms with Gasteiger partial charge in [-0.2, -0.15) is 0 Å². The Morgan fingerprint density at radius 2 is 1.96 bits per heavy atom. The third-order valence-electron chi connectivity index (χ3n) is 3.18. The standard InChI is InChI=1S/C14H14N3O6PS.2Na/c1-22-8-3-2-4-9(13(8)23-7-24(19,20)21)25-10-5-15-12-11(10)16-6-17-14(12)18;;/h2-6,15H,7H2,1H3,(H,16,17,18)(H2,19,20,21);;/q;2*+1/p-2. The number of nitrogens with zero attached hydrogens (tertiary/aromatic N) is 1. The molecule has 0 amide bonds. The largest absolute Gasteiger partial charge is 1.00 e. The van der Waals surface area contributed by atoms with Gasteiger partial charge in [0.25, 0.3) is 5.56 Å². The van der Waals surface area contributed by atoms with E-state index in [0.29, 0.717) is 20.8 Å². The average molecular weight is 427 g/mol. The van der Waals surface area contributed by atoms with Crippen LogP contribution in [0.1, 0.15) is 0 Å². The molecule has 0 atom stereocenters. The number of H-pyrrole nitrogens is 2. The van der Waals surface area contributed by atoms with Crippen LogP contribution in [0.15, 0.2) is 45.3 Å². The van der Waals surface area contributed by atoms with Gasteiger partial charge in [0.1, 0.15) is 17.4 Å². The normalized spacial score (nSPS) is 10.8. The van der Waals surface area contributed by atoms with Crippen molar-refractivity contribution in [2.45, 2.75) is 9.79 Å². The van der Waals surface area contributed by atoms with Crippen molar-refractivity contribution in [2.75, 3.05) is 13.5 Å². The van der Waals surface area contributed by atoms with Crippen molar-refractivity contribution in [2.24, 2.45) is 0 Å². The summed E-state index contributed by atoms with van der Waals surface area (Å²) in [4.78, 5) is 44.1. The Kier molecular flexibility index (Phi) is 9.63. The summed E-state index contributed by atoms with van der Waals surface area (Å²) in [5.41, 5.74) is 0.470. The molecular weight excluding hydrogens is 415 g/mol. The number of hydrogen-bond donors (Lipinski definition) is 2. The molecule has 0 aliphatic carbocycles. The molecule has 2 aromatic heterocycles. The van der Waals surface area contributed by atoms with Crippen LogP contribution in [0.2, 0.25) is 0 Å². The number of aromatic nitrogens is 3. The Morgan fingerprint density at radius 1 is 1.22 bits per heavy atom. The van der Waals surface area contributed by atoms with Crippen LogP contribution < -0.4 is 83.9 Å². The van der Waals surface area contributed by atoms with E-state index in [-0.39, 0.29) is 76.2 Å². The van der Waals surface area contributed by atoms with E-state index >= 15 is 0 Å². The van der Waals surface area contributed by atoms with Crippen LogP contribution in [0.4, 0.5) is 0 Å². The van der Waals surface area contributed by atoms with Gasteiger partial charge in [-0.1, -0.05) is 17.8 Å². The molecule has 1 aromatic carbocycles. The molecule has 3 aromatic rings. The van der Waals surface area contributed by atoms with Crippen molar-refractivity contribution < 1.29 is 82.9 Å². The first-order valence-corrected chi connectivity index (χ1v) is 9.47. The van der Waals surface area contributed by atoms with Crippen LogP contribution in [0, 0.1) is 0 Å². The van der Waals surface area contributed by atoms with Gasteiger partial charge < -0.3 is 33.8 Å². The average Bonchev–Trinajstić information content (AvgIpc) is 2.97. The SMILES string of the molecule is COc1cccc(Sc2c[nH]c3c(=O)[nH]cnc23)c1OCP(=O)([O-])[O-].[Na+].[Na+]. The molecule has 2 N–H and O–H groups in total. The number of methoxy groups -OCH3 is 1. The topological polar surface area (TPSA) is 143 Å². The molecule has 0 saturated heterocycles. The van der Waals surface area contributed by atoms with Gasteiger partial charge >= 0.3 is 59.1 Å². The van der Waals surface area contributed by atoms with Crippen molar-refractivity contribution in [3.63, 3.8) is 0 Å². The summed E-state index contributed by atoms with van der Waals surface area (Å²) < 4.78 is 21.2. The van der Waals surface area contributed by atoms with Gasteiger partial charge in [0.05, 0.1) is 23.2 Å². The summed E-state index contributed by atoms with van der Waals surface area (Å²) in [5, 5.41) is 0. The van der Waals surface area contributed by atoms with Gasteiger partial charge in [0.15, 0.2) is 11.5 Å². The maximum atomic E-state index is 11.7. The van der Waals surface area contributed by atoms with E-state index in [0.717, 1.165) is 0 Å². The molecule has 0 aliphatic rings. The molecule has 0 saturated carbocycles. The van der Waals surface area contributed by atoms with E-state index in [1.807, 2.05) is 0 Å². The van der Waals surface area contributed by atoms with Crippen LogP contribution in [-0.4, -0.2) is 28.4 Å². The molecule has 13 heteroatoms. The third kappa shape index (κ3) is 6.11. The number of fused-ring (bicyclic) bond motifs is 1. The van der Waals surface area contributed by atoms with Gasteiger partial charge in [0, 0.05) is 6.20 Å². The van der Waals surface area contributed by atoms with Gasteiger partial charge in [-0.3, -0.25) is 4.79 Å². The molecule has 27 heavy (non-hydrogen) atoms. The summed E-state index contributed by atoms with van der Waals surface area (Å²) in [6.07, 6.45) is 1.90. The second-order valence-corrected chi connectivity index (χ2v) is 7.45. The summed E-state index contributed by atoms with van der Waals surface area (Å²) >= 11 is 1.19. The smallest absolute Gasteiger partial charge is 0.808 e. The first-order valence-electron chi connectivity index (χ1n) is 6.92. The Balaban J connectivity index is 0.00000182. The van der Waals surface area contributed by atoms with Gasteiger partial charge in [-0.25, -0.2) is 4.98 Å². The number of hydrogen-bond acceptors (Lipinski definition) is 8. The van der Waals surface area contributed by atoms with E-state index in [4.69, 9.17) is 9.47 Å². The minimum Gasteiger partial charge on any atom is -0.808 e. The summed E-state index contributed by atoms with van der Waals surface area (Å²) in [7, 11) is -3.45. The summed E-state index contributed by atoms with van der Waals surface area (Å²) in [6, 6.07) is 4.95. The van der Waals surface area contributed by atoms with Gasteiger partial charge in [-0.05, 0) is 19.7 Å². The maximum Gasteiger partial charge on any atom is 1.00 e. The fourth-order valence-electron chi connectivity index (χ4n) is 2.15. The fraction of sp³-hybridized carbons (Fsp3) is 0.143. The first kappa shape index (κ1) is 24.8. The fourth-order valence-corrected chi connectivity index (χ4v) is 3.44. The second-order valence-electron chi connectivity index (χ2n) is 4.88. The zero-order valence-corrected chi connectivity index (χ0v) is 20.6. The van der Waals surface area contributed by atoms with Crippen molar-refractivity contribution in [1.29, 1.82) is 0 Å². The Hall–Kier alpha value is -0.260. The Bertz CT molecular complexity index is 1020. The van der Waals surface area contributed by atoms with Crippen LogP contribution in [-0.2, 0) is 4.57 Å². The van der Waals surface area contributed by atoms with Crippen molar-refractivity contribution in [3.05, 3.63) is 41.1 Å². The number of rotatable bonds is 6. The van der Waals surface area contributed by atoms with Crippen molar-refractivity contribution in [1.82, 2.24) is 15.0 Å². The summed E-state index contributed by atoms with van der Waals surface area (Å²) in [6.45, 7) is 0. The molecule has 0 fully saturated rings. The van der Waals surface area contributed by atoms with Crippen LogP contribution >= 0.6 is 19.4 Å². The van der Waals surface area contributed by atoms with Crippen LogP contribution in [0.25, 0.3) is 11.0 Å². The predicted octanol–water partition coefficient (Wildman–Crippen LogP) is -5.33. The van der Waals surface area contributed by atoms with E-state index in [9.17, 15) is 19.1 Å². The quantitative estimate of drug-likeness (QED) is 0.293. The molecule has 0 aliphatic heterocycles. The summed E-state index contributed by atoms with van der Waals surface area (Å²) in [5.74, 6) is 0.408. The Morgan fingerprint density at radius 3 is 2.63 bits per heavy atom. The van der Waals surface area contributed by atoms with E-state index in [1.165, 1.54) is 25.2 Å². The maximum absolute atomic E-state index is 11.7. The molecule has 132 valence electrons. The third-order valence-corrected chi connectivity index (χ3v) is 4.70. The minimum atomic E-state index is -4.85. The number of benzene rings is 1. The number of nitrogens with one attached hydrogen (secondary N) is 2. The second kappa shape index (κ2) is 10.5. The van der Waals surface area contributed by atoms with Gasteiger partial charge in [0.2, 0.25) is 0 Å². The van der Waals surface area contributed by atoms with Crippen LogP contribution in [0.3, 0.4) is 0 Å². The van der Waals surface area contributed by atoms with Crippen molar-refractivity contribution >= 4 is 30.4 Å². The zero-order chi connectivity index (χ0) is 18.0. The van der Waals surface area contributed by atoms with Crippen molar-refractivity contribution in [3.8, 4) is 11.5 Å². The Labute approximate surface area is 202 Å². The minimum absolute atomic E-state index is 0. The molecule has 9 nitrogen and oxygen atoms in total. The van der Waals surface area contributed by atoms with E-state index in [1.54, 1.807) is 24.4 Å². The number of ether oxygens (including phenoxy) is 2. The predicted molar refractivity (Wildman–Crippen MR) is 86.9 cm³/mol. The van der Waals surface area contributed by atoms with E-state index in [2.05, 4.69) is 15.0 Å². The number of aromatic amines is 2. The molecular formula is C14H12N3Na2O6PS. The molecule has 3 rings (SSSR count). The molecule has 0 spiro atoms. The molecule has 0 unspecified atom stereocenters. The zero-order valence-electron chi connectivity index (χ0n) is 14.8.